The largest absolute Gasteiger partial charge is 0.481 e. The number of nitrogens with zero attached hydrogens (tertiary/aromatic N) is 1. The number of aliphatic carboxylic acids is 1. The SMILES string of the molecule is O=C(O)CCCc1cccnc1Cl. The Bertz CT molecular complexity index is 301. The lowest BCUT2D eigenvalue weighted by atomic mass is 10.1. The molecule has 1 aromatic heterocycles. The van der Waals surface area contributed by atoms with Gasteiger partial charge in [-0.25, -0.2) is 4.98 Å². The Labute approximate surface area is 81.4 Å². The third kappa shape index (κ3) is 3.42. The van der Waals surface area contributed by atoms with Gasteiger partial charge in [0.25, 0.3) is 0 Å². The lowest BCUT2D eigenvalue weighted by Crippen LogP contribution is -1.96. The number of hydrogen-bond acceptors (Lipinski definition) is 2. The molecular formula is C9H10ClNO2. The monoisotopic (exact) mass is 199 g/mol. The predicted octanol–water partition coefficient (Wildman–Crippen LogP) is 2.14. The van der Waals surface area contributed by atoms with Crippen molar-refractivity contribution in [2.75, 3.05) is 0 Å². The predicted molar refractivity (Wildman–Crippen MR) is 49.8 cm³/mol. The smallest absolute Gasteiger partial charge is 0.303 e. The maximum Gasteiger partial charge on any atom is 0.303 e. The normalized spacial score (nSPS) is 9.92. The highest BCUT2D eigenvalue weighted by Crippen LogP contribution is 2.13. The van der Waals surface area contributed by atoms with E-state index in [-0.39, 0.29) is 6.42 Å². The molecule has 0 radical (unpaired) electrons. The standard InChI is InChI=1S/C9H10ClNO2/c10-9-7(4-2-6-11-9)3-1-5-8(12)13/h2,4,6H,1,3,5H2,(H,12,13). The molecule has 0 aliphatic rings. The second-order valence-corrected chi connectivity index (χ2v) is 3.06. The van der Waals surface area contributed by atoms with Crippen molar-refractivity contribution in [3.8, 4) is 0 Å². The van der Waals surface area contributed by atoms with Gasteiger partial charge in [0.1, 0.15) is 5.15 Å². The van der Waals surface area contributed by atoms with Crippen LogP contribution in [-0.4, -0.2) is 16.1 Å². The Morgan fingerprint density at radius 3 is 3.00 bits per heavy atom. The molecular weight excluding hydrogens is 190 g/mol. The van der Waals surface area contributed by atoms with Crippen LogP contribution in [0.5, 0.6) is 0 Å². The van der Waals surface area contributed by atoms with Crippen LogP contribution in [0.2, 0.25) is 5.15 Å². The van der Waals surface area contributed by atoms with Crippen LogP contribution in [0.3, 0.4) is 0 Å². The van der Waals surface area contributed by atoms with E-state index in [1.54, 1.807) is 12.3 Å². The van der Waals surface area contributed by atoms with Crippen LogP contribution < -0.4 is 0 Å². The fourth-order valence-electron chi connectivity index (χ4n) is 1.04. The maximum atomic E-state index is 10.2. The summed E-state index contributed by atoms with van der Waals surface area (Å²) in [5, 5.41) is 8.88. The van der Waals surface area contributed by atoms with Crippen LogP contribution in [0.25, 0.3) is 0 Å². The molecule has 1 heterocycles. The molecule has 0 atom stereocenters. The molecule has 1 N–H and O–H groups in total. The Morgan fingerprint density at radius 1 is 1.62 bits per heavy atom. The highest BCUT2D eigenvalue weighted by Gasteiger charge is 2.01. The molecule has 3 nitrogen and oxygen atoms in total. The molecule has 70 valence electrons. The second-order valence-electron chi connectivity index (χ2n) is 2.70. The molecule has 1 rings (SSSR count). The third-order valence-corrected chi connectivity index (χ3v) is 2.01. The van der Waals surface area contributed by atoms with Crippen molar-refractivity contribution in [1.29, 1.82) is 0 Å². The molecule has 0 aliphatic heterocycles. The topological polar surface area (TPSA) is 50.2 Å². The molecule has 0 saturated heterocycles. The van der Waals surface area contributed by atoms with E-state index in [0.717, 1.165) is 5.56 Å². The number of carboxylic acids is 1. The highest BCUT2D eigenvalue weighted by molar-refractivity contribution is 6.30. The van der Waals surface area contributed by atoms with Gasteiger partial charge in [-0.1, -0.05) is 17.7 Å². The van der Waals surface area contributed by atoms with E-state index in [2.05, 4.69) is 4.98 Å². The molecule has 4 heteroatoms. The molecule has 13 heavy (non-hydrogen) atoms. The first kappa shape index (κ1) is 9.99. The maximum absolute atomic E-state index is 10.2. The van der Waals surface area contributed by atoms with Crippen LogP contribution in [0.1, 0.15) is 18.4 Å². The van der Waals surface area contributed by atoms with E-state index < -0.39 is 5.97 Å². The van der Waals surface area contributed by atoms with Crippen LogP contribution in [0, 0.1) is 0 Å². The van der Waals surface area contributed by atoms with E-state index in [0.29, 0.717) is 18.0 Å². The average Bonchev–Trinajstić information content (AvgIpc) is 2.08. The summed E-state index contributed by atoms with van der Waals surface area (Å²) in [5.41, 5.74) is 0.908. The number of aromatic nitrogens is 1. The minimum absolute atomic E-state index is 0.172. The number of pyridine rings is 1. The zero-order valence-corrected chi connectivity index (χ0v) is 7.79. The fourth-order valence-corrected chi connectivity index (χ4v) is 1.25. The van der Waals surface area contributed by atoms with Crippen molar-refractivity contribution >= 4 is 17.6 Å². The summed E-state index contributed by atoms with van der Waals surface area (Å²) < 4.78 is 0. The van der Waals surface area contributed by atoms with Crippen molar-refractivity contribution in [2.24, 2.45) is 0 Å². The minimum Gasteiger partial charge on any atom is -0.481 e. The number of rotatable bonds is 4. The van der Waals surface area contributed by atoms with E-state index in [4.69, 9.17) is 16.7 Å². The number of hydrogen-bond donors (Lipinski definition) is 1. The Morgan fingerprint density at radius 2 is 2.38 bits per heavy atom. The molecule has 0 unspecified atom stereocenters. The summed E-state index contributed by atoms with van der Waals surface area (Å²) in [6.07, 6.45) is 3.05. The van der Waals surface area contributed by atoms with Crippen molar-refractivity contribution in [2.45, 2.75) is 19.3 Å². The van der Waals surface area contributed by atoms with Gasteiger partial charge in [0, 0.05) is 12.6 Å². The number of carboxylic acid groups (broad SMARTS) is 1. The molecule has 0 amide bonds. The van der Waals surface area contributed by atoms with Gasteiger partial charge in [-0.05, 0) is 24.5 Å². The van der Waals surface area contributed by atoms with Crippen LogP contribution in [-0.2, 0) is 11.2 Å². The third-order valence-electron chi connectivity index (χ3n) is 1.67. The molecule has 0 aromatic carbocycles. The van der Waals surface area contributed by atoms with Crippen molar-refractivity contribution in [1.82, 2.24) is 4.98 Å². The van der Waals surface area contributed by atoms with Gasteiger partial charge in [0.05, 0.1) is 0 Å². The van der Waals surface area contributed by atoms with E-state index in [1.807, 2.05) is 6.07 Å². The first-order valence-corrected chi connectivity index (χ1v) is 4.39. The highest BCUT2D eigenvalue weighted by atomic mass is 35.5. The first-order chi connectivity index (χ1) is 6.20. The summed E-state index contributed by atoms with van der Waals surface area (Å²) >= 11 is 5.78. The summed E-state index contributed by atoms with van der Waals surface area (Å²) in [6, 6.07) is 3.65. The van der Waals surface area contributed by atoms with Crippen molar-refractivity contribution in [3.63, 3.8) is 0 Å². The molecule has 0 spiro atoms. The van der Waals surface area contributed by atoms with E-state index in [1.165, 1.54) is 0 Å². The van der Waals surface area contributed by atoms with Crippen LogP contribution in [0.15, 0.2) is 18.3 Å². The summed E-state index contributed by atoms with van der Waals surface area (Å²) in [4.78, 5) is 14.1. The lowest BCUT2D eigenvalue weighted by Gasteiger charge is -2.00. The van der Waals surface area contributed by atoms with Crippen molar-refractivity contribution < 1.29 is 9.90 Å². The lowest BCUT2D eigenvalue weighted by molar-refractivity contribution is -0.137. The van der Waals surface area contributed by atoms with Crippen LogP contribution >= 0.6 is 11.6 Å². The van der Waals surface area contributed by atoms with Crippen molar-refractivity contribution in [3.05, 3.63) is 29.0 Å². The first-order valence-electron chi connectivity index (χ1n) is 4.01. The summed E-state index contributed by atoms with van der Waals surface area (Å²) in [6.45, 7) is 0. The van der Waals surface area contributed by atoms with Crippen LogP contribution in [0.4, 0.5) is 0 Å². The molecule has 0 bridgehead atoms. The minimum atomic E-state index is -0.778. The van der Waals surface area contributed by atoms with Gasteiger partial charge in [0.2, 0.25) is 0 Å². The van der Waals surface area contributed by atoms with Gasteiger partial charge in [-0.2, -0.15) is 0 Å². The molecule has 1 aromatic rings. The molecule has 0 aliphatic carbocycles. The van der Waals surface area contributed by atoms with E-state index >= 15 is 0 Å². The summed E-state index contributed by atoms with van der Waals surface area (Å²) in [7, 11) is 0. The Balaban J connectivity index is 2.45. The molecule has 0 fully saturated rings. The van der Waals surface area contributed by atoms with Gasteiger partial charge in [-0.15, -0.1) is 0 Å². The zero-order chi connectivity index (χ0) is 9.68. The van der Waals surface area contributed by atoms with Gasteiger partial charge >= 0.3 is 5.97 Å². The van der Waals surface area contributed by atoms with E-state index in [9.17, 15) is 4.79 Å². The number of halogens is 1. The van der Waals surface area contributed by atoms with Gasteiger partial charge in [-0.3, -0.25) is 4.79 Å². The van der Waals surface area contributed by atoms with Gasteiger partial charge in [0.15, 0.2) is 0 Å². The zero-order valence-electron chi connectivity index (χ0n) is 7.03. The number of carbonyl (C=O) groups is 1. The molecule has 0 saturated carbocycles. The fraction of sp³-hybridized carbons (Fsp3) is 0.333. The second kappa shape index (κ2) is 4.82. The Kier molecular flexibility index (Phi) is 3.71. The van der Waals surface area contributed by atoms with Gasteiger partial charge < -0.3 is 5.11 Å². The Hall–Kier alpha value is -1.09. The summed E-state index contributed by atoms with van der Waals surface area (Å²) in [5.74, 6) is -0.778. The quantitative estimate of drug-likeness (QED) is 0.756. The average molecular weight is 200 g/mol. The number of aryl methyl sites for hydroxylation is 1.